The van der Waals surface area contributed by atoms with Crippen LogP contribution in [0.1, 0.15) is 12.0 Å². The van der Waals surface area contributed by atoms with Gasteiger partial charge in [-0.25, -0.2) is 0 Å². The third-order valence-electron chi connectivity index (χ3n) is 3.52. The topological polar surface area (TPSA) is 29.3 Å². The minimum absolute atomic E-state index is 0.189. The SMILES string of the molecule is N[C@]12C[C@H]1CN(Cc1ccccc1)C2. The second-order valence-electron chi connectivity index (χ2n) is 4.79. The molecule has 0 spiro atoms. The van der Waals surface area contributed by atoms with Crippen molar-refractivity contribution in [3.8, 4) is 0 Å². The molecule has 2 nitrogen and oxygen atoms in total. The zero-order valence-corrected chi connectivity index (χ0v) is 8.32. The van der Waals surface area contributed by atoms with E-state index >= 15 is 0 Å². The van der Waals surface area contributed by atoms with E-state index in [0.29, 0.717) is 0 Å². The predicted molar refractivity (Wildman–Crippen MR) is 56.7 cm³/mol. The molecule has 2 atom stereocenters. The van der Waals surface area contributed by atoms with Crippen LogP contribution in [0.2, 0.25) is 0 Å². The fourth-order valence-electron chi connectivity index (χ4n) is 2.59. The Hall–Kier alpha value is -0.860. The van der Waals surface area contributed by atoms with E-state index < -0.39 is 0 Å². The van der Waals surface area contributed by atoms with Gasteiger partial charge in [0.1, 0.15) is 0 Å². The molecule has 1 saturated heterocycles. The van der Waals surface area contributed by atoms with Crippen molar-refractivity contribution in [2.75, 3.05) is 13.1 Å². The highest BCUT2D eigenvalue weighted by Gasteiger charge is 2.56. The van der Waals surface area contributed by atoms with Crippen LogP contribution in [0.15, 0.2) is 30.3 Å². The van der Waals surface area contributed by atoms with Crippen LogP contribution >= 0.6 is 0 Å². The quantitative estimate of drug-likeness (QED) is 0.756. The van der Waals surface area contributed by atoms with E-state index in [1.807, 2.05) is 0 Å². The number of rotatable bonds is 2. The standard InChI is InChI=1S/C12H16N2/c13-12-6-11(12)8-14(9-12)7-10-4-2-1-3-5-10/h1-5,11H,6-9,13H2/t11-,12-/m0/s1. The molecule has 3 rings (SSSR count). The third kappa shape index (κ3) is 1.35. The zero-order valence-electron chi connectivity index (χ0n) is 8.32. The number of likely N-dealkylation sites (tertiary alicyclic amines) is 1. The minimum atomic E-state index is 0.189. The molecule has 2 heteroatoms. The van der Waals surface area contributed by atoms with E-state index in [0.717, 1.165) is 19.0 Å². The minimum Gasteiger partial charge on any atom is -0.324 e. The normalized spacial score (nSPS) is 35.6. The number of nitrogens with two attached hydrogens (primary N) is 1. The molecule has 1 aromatic carbocycles. The molecule has 2 aliphatic rings. The molecule has 1 aliphatic carbocycles. The Morgan fingerprint density at radius 3 is 2.79 bits per heavy atom. The van der Waals surface area contributed by atoms with Crippen LogP contribution in [0, 0.1) is 5.92 Å². The number of hydrogen-bond acceptors (Lipinski definition) is 2. The van der Waals surface area contributed by atoms with Crippen molar-refractivity contribution in [2.45, 2.75) is 18.5 Å². The highest BCUT2D eigenvalue weighted by molar-refractivity contribution is 5.19. The highest BCUT2D eigenvalue weighted by Crippen LogP contribution is 2.47. The van der Waals surface area contributed by atoms with Crippen molar-refractivity contribution in [2.24, 2.45) is 11.7 Å². The van der Waals surface area contributed by atoms with Gasteiger partial charge in [0, 0.05) is 25.2 Å². The maximum atomic E-state index is 6.15. The van der Waals surface area contributed by atoms with Crippen molar-refractivity contribution >= 4 is 0 Å². The molecule has 1 heterocycles. The van der Waals surface area contributed by atoms with Crippen molar-refractivity contribution < 1.29 is 0 Å². The third-order valence-corrected chi connectivity index (χ3v) is 3.52. The first-order valence-electron chi connectivity index (χ1n) is 5.31. The Morgan fingerprint density at radius 1 is 1.36 bits per heavy atom. The van der Waals surface area contributed by atoms with Crippen molar-refractivity contribution in [1.82, 2.24) is 4.90 Å². The van der Waals surface area contributed by atoms with Gasteiger partial charge in [-0.2, -0.15) is 0 Å². The predicted octanol–water partition coefficient (Wildman–Crippen LogP) is 1.22. The Bertz CT molecular complexity index is 335. The lowest BCUT2D eigenvalue weighted by Crippen LogP contribution is -2.32. The molecular weight excluding hydrogens is 172 g/mol. The molecule has 14 heavy (non-hydrogen) atoms. The molecule has 2 N–H and O–H groups in total. The average molecular weight is 188 g/mol. The summed E-state index contributed by atoms with van der Waals surface area (Å²) in [7, 11) is 0. The van der Waals surface area contributed by atoms with E-state index in [2.05, 4.69) is 35.2 Å². The van der Waals surface area contributed by atoms with Crippen LogP contribution in [0.4, 0.5) is 0 Å². The lowest BCUT2D eigenvalue weighted by atomic mass is 10.2. The number of nitrogens with zero attached hydrogens (tertiary/aromatic N) is 1. The van der Waals surface area contributed by atoms with Crippen LogP contribution in [-0.4, -0.2) is 23.5 Å². The smallest absolute Gasteiger partial charge is 0.0328 e. The number of fused-ring (bicyclic) bond motifs is 1. The van der Waals surface area contributed by atoms with Gasteiger partial charge in [-0.1, -0.05) is 30.3 Å². The number of hydrogen-bond donors (Lipinski definition) is 1. The van der Waals surface area contributed by atoms with Crippen molar-refractivity contribution in [1.29, 1.82) is 0 Å². The molecule has 0 amide bonds. The highest BCUT2D eigenvalue weighted by atomic mass is 15.2. The lowest BCUT2D eigenvalue weighted by Gasteiger charge is -2.18. The van der Waals surface area contributed by atoms with E-state index in [4.69, 9.17) is 5.73 Å². The Morgan fingerprint density at radius 2 is 2.14 bits per heavy atom. The molecule has 0 unspecified atom stereocenters. The number of piperidine rings is 1. The van der Waals surface area contributed by atoms with Gasteiger partial charge in [-0.05, 0) is 17.9 Å². The first-order chi connectivity index (χ1) is 6.76. The summed E-state index contributed by atoms with van der Waals surface area (Å²) in [6.07, 6.45) is 1.25. The molecule has 0 radical (unpaired) electrons. The first-order valence-corrected chi connectivity index (χ1v) is 5.31. The molecule has 74 valence electrons. The van der Waals surface area contributed by atoms with Crippen molar-refractivity contribution in [3.05, 3.63) is 35.9 Å². The summed E-state index contributed by atoms with van der Waals surface area (Å²) in [5.74, 6) is 0.784. The monoisotopic (exact) mass is 188 g/mol. The zero-order chi connectivity index (χ0) is 9.60. The van der Waals surface area contributed by atoms with Crippen molar-refractivity contribution in [3.63, 3.8) is 0 Å². The summed E-state index contributed by atoms with van der Waals surface area (Å²) in [5.41, 5.74) is 7.74. The van der Waals surface area contributed by atoms with E-state index in [1.54, 1.807) is 0 Å². The molecule has 1 aliphatic heterocycles. The van der Waals surface area contributed by atoms with Gasteiger partial charge in [-0.15, -0.1) is 0 Å². The summed E-state index contributed by atoms with van der Waals surface area (Å²) in [6, 6.07) is 10.6. The van der Waals surface area contributed by atoms with Gasteiger partial charge in [0.2, 0.25) is 0 Å². The van der Waals surface area contributed by atoms with Crippen LogP contribution in [0.3, 0.4) is 0 Å². The summed E-state index contributed by atoms with van der Waals surface area (Å²) in [5, 5.41) is 0. The fraction of sp³-hybridized carbons (Fsp3) is 0.500. The van der Waals surface area contributed by atoms with Gasteiger partial charge >= 0.3 is 0 Å². The lowest BCUT2D eigenvalue weighted by molar-refractivity contribution is 0.291. The van der Waals surface area contributed by atoms with Crippen LogP contribution in [-0.2, 0) is 6.54 Å². The van der Waals surface area contributed by atoms with Gasteiger partial charge in [-0.3, -0.25) is 4.90 Å². The summed E-state index contributed by atoms with van der Waals surface area (Å²) in [4.78, 5) is 2.48. The van der Waals surface area contributed by atoms with Gasteiger partial charge < -0.3 is 5.73 Å². The molecule has 1 aromatic rings. The van der Waals surface area contributed by atoms with E-state index in [9.17, 15) is 0 Å². The summed E-state index contributed by atoms with van der Waals surface area (Å²) < 4.78 is 0. The second-order valence-corrected chi connectivity index (χ2v) is 4.79. The fourth-order valence-corrected chi connectivity index (χ4v) is 2.59. The van der Waals surface area contributed by atoms with Gasteiger partial charge in [0.25, 0.3) is 0 Å². The van der Waals surface area contributed by atoms with Crippen LogP contribution in [0.25, 0.3) is 0 Å². The molecule has 0 bridgehead atoms. The Balaban J connectivity index is 1.65. The van der Waals surface area contributed by atoms with E-state index in [1.165, 1.54) is 18.5 Å². The molecule has 2 fully saturated rings. The molecule has 0 aromatic heterocycles. The maximum absolute atomic E-state index is 6.15. The maximum Gasteiger partial charge on any atom is 0.0328 e. The van der Waals surface area contributed by atoms with Gasteiger partial charge in [0.15, 0.2) is 0 Å². The summed E-state index contributed by atoms with van der Waals surface area (Å²) >= 11 is 0. The first kappa shape index (κ1) is 8.45. The average Bonchev–Trinajstić information content (AvgIpc) is 2.67. The van der Waals surface area contributed by atoms with E-state index in [-0.39, 0.29) is 5.54 Å². The molecule has 1 saturated carbocycles. The van der Waals surface area contributed by atoms with Crippen LogP contribution in [0.5, 0.6) is 0 Å². The Labute approximate surface area is 84.7 Å². The van der Waals surface area contributed by atoms with Crippen LogP contribution < -0.4 is 5.73 Å². The molecular formula is C12H16N2. The largest absolute Gasteiger partial charge is 0.324 e. The Kier molecular flexibility index (Phi) is 1.70. The second kappa shape index (κ2) is 2.81. The summed E-state index contributed by atoms with van der Waals surface area (Å²) in [6.45, 7) is 3.36. The van der Waals surface area contributed by atoms with Gasteiger partial charge in [0.05, 0.1) is 0 Å². The number of benzene rings is 1.